The Hall–Kier alpha value is -1.30. The second kappa shape index (κ2) is 9.25. The van der Waals surface area contributed by atoms with E-state index in [1.165, 1.54) is 39.5 Å². The fraction of sp³-hybridized carbons (Fsp3) is 0.889. The van der Waals surface area contributed by atoms with Gasteiger partial charge in [-0.1, -0.05) is 20.3 Å². The van der Waals surface area contributed by atoms with Crippen molar-refractivity contribution in [3.8, 4) is 0 Å². The Morgan fingerprint density at radius 1 is 1.08 bits per heavy atom. The lowest BCUT2D eigenvalue weighted by atomic mass is 9.98. The van der Waals surface area contributed by atoms with E-state index >= 15 is 0 Å². The van der Waals surface area contributed by atoms with Crippen LogP contribution in [0.2, 0.25) is 0 Å². The first-order valence-electron chi connectivity index (χ1n) is 9.38. The van der Waals surface area contributed by atoms with Crippen molar-refractivity contribution in [3.05, 3.63) is 0 Å². The van der Waals surface area contributed by atoms with Crippen molar-refractivity contribution < 1.29 is 14.3 Å². The molecule has 1 unspecified atom stereocenters. The number of nitrogens with one attached hydrogen (secondary N) is 1. The van der Waals surface area contributed by atoms with Crippen LogP contribution >= 0.6 is 0 Å². The first-order chi connectivity index (χ1) is 11.5. The molecule has 0 saturated carbocycles. The van der Waals surface area contributed by atoms with Gasteiger partial charge in [0.15, 0.2) is 0 Å². The molecule has 1 N–H and O–H groups in total. The maximum absolute atomic E-state index is 12.8. The van der Waals surface area contributed by atoms with Crippen molar-refractivity contribution in [2.24, 2.45) is 5.92 Å². The van der Waals surface area contributed by atoms with Crippen molar-refractivity contribution in [2.75, 3.05) is 33.3 Å². The molecule has 0 radical (unpaired) electrons. The Kier molecular flexibility index (Phi) is 7.34. The predicted molar refractivity (Wildman–Crippen MR) is 93.8 cm³/mol. The van der Waals surface area contributed by atoms with Gasteiger partial charge < -0.3 is 19.9 Å². The second-order valence-corrected chi connectivity index (χ2v) is 7.47. The highest BCUT2D eigenvalue weighted by atomic mass is 16.5. The molecule has 0 aromatic carbocycles. The molecule has 2 aliphatic rings. The molecule has 0 aliphatic carbocycles. The molecule has 0 bridgehead atoms. The summed E-state index contributed by atoms with van der Waals surface area (Å²) in [4.78, 5) is 28.9. The number of ether oxygens (including phenoxy) is 1. The molecule has 1 atom stereocenters. The molecular weight excluding hydrogens is 306 g/mol. The summed E-state index contributed by atoms with van der Waals surface area (Å²) in [6, 6.07) is 0.135. The van der Waals surface area contributed by atoms with Crippen molar-refractivity contribution >= 4 is 12.0 Å². The molecule has 0 aromatic rings. The van der Waals surface area contributed by atoms with Gasteiger partial charge in [0.05, 0.1) is 7.11 Å². The molecule has 24 heavy (non-hydrogen) atoms. The largest absolute Gasteiger partial charge is 0.453 e. The number of alkyl carbamates (subject to hydrolysis) is 1. The van der Waals surface area contributed by atoms with Crippen LogP contribution in [0.15, 0.2) is 0 Å². The summed E-state index contributed by atoms with van der Waals surface area (Å²) >= 11 is 0. The highest BCUT2D eigenvalue weighted by Crippen LogP contribution is 2.22. The van der Waals surface area contributed by atoms with E-state index < -0.39 is 12.1 Å². The number of likely N-dealkylation sites (tertiary alicyclic amines) is 2. The van der Waals surface area contributed by atoms with E-state index in [1.54, 1.807) is 0 Å². The highest BCUT2D eigenvalue weighted by molar-refractivity contribution is 5.85. The quantitative estimate of drug-likeness (QED) is 0.834. The maximum Gasteiger partial charge on any atom is 0.407 e. The number of carbonyl (C=O) groups is 2. The molecule has 0 spiro atoms. The summed E-state index contributed by atoms with van der Waals surface area (Å²) in [5.74, 6) is 0.369. The maximum atomic E-state index is 12.8. The van der Waals surface area contributed by atoms with Gasteiger partial charge in [0.25, 0.3) is 0 Å². The number of carbonyl (C=O) groups excluding carboxylic acids is 2. The van der Waals surface area contributed by atoms with Gasteiger partial charge in [-0.25, -0.2) is 4.79 Å². The van der Waals surface area contributed by atoms with Crippen LogP contribution in [0.5, 0.6) is 0 Å². The zero-order valence-electron chi connectivity index (χ0n) is 15.4. The van der Waals surface area contributed by atoms with Gasteiger partial charge in [0, 0.05) is 19.1 Å². The molecular formula is C18H33N3O3. The summed E-state index contributed by atoms with van der Waals surface area (Å²) < 4.78 is 4.67. The zero-order valence-corrected chi connectivity index (χ0v) is 15.4. The third-order valence-electron chi connectivity index (χ3n) is 5.17. The monoisotopic (exact) mass is 339 g/mol. The standard InChI is InChI=1S/C18H33N3O3/c1-14(2)13-16(19-18(23)24-3)17(22)21-11-7-15(8-12-21)20-9-5-4-6-10-20/h14-16H,4-13H2,1-3H3,(H,19,23). The van der Waals surface area contributed by atoms with Crippen LogP contribution in [0.4, 0.5) is 4.79 Å². The lowest BCUT2D eigenvalue weighted by Crippen LogP contribution is -2.53. The number of hydrogen-bond donors (Lipinski definition) is 1. The van der Waals surface area contributed by atoms with Gasteiger partial charge in [-0.15, -0.1) is 0 Å². The summed E-state index contributed by atoms with van der Waals surface area (Å²) in [6.45, 7) is 8.11. The van der Waals surface area contributed by atoms with E-state index in [0.717, 1.165) is 25.9 Å². The van der Waals surface area contributed by atoms with Crippen LogP contribution in [-0.4, -0.2) is 67.2 Å². The lowest BCUT2D eigenvalue weighted by Gasteiger charge is -2.41. The molecule has 2 saturated heterocycles. The predicted octanol–water partition coefficient (Wildman–Crippen LogP) is 2.23. The Morgan fingerprint density at radius 3 is 2.25 bits per heavy atom. The van der Waals surface area contributed by atoms with Crippen LogP contribution in [0, 0.1) is 5.92 Å². The molecule has 6 nitrogen and oxygen atoms in total. The first kappa shape index (κ1) is 19.0. The zero-order chi connectivity index (χ0) is 17.5. The van der Waals surface area contributed by atoms with Crippen LogP contribution in [0.25, 0.3) is 0 Å². The minimum absolute atomic E-state index is 0.0335. The average Bonchev–Trinajstić information content (AvgIpc) is 2.61. The molecule has 2 heterocycles. The number of piperidine rings is 2. The Labute approximate surface area is 145 Å². The Balaban J connectivity index is 1.87. The molecule has 6 heteroatoms. The lowest BCUT2D eigenvalue weighted by molar-refractivity contribution is -0.135. The molecule has 2 fully saturated rings. The van der Waals surface area contributed by atoms with Gasteiger partial charge in [-0.3, -0.25) is 4.79 Å². The topological polar surface area (TPSA) is 61.9 Å². The Morgan fingerprint density at radius 2 is 1.71 bits per heavy atom. The molecule has 0 aromatic heterocycles. The van der Waals surface area contributed by atoms with Crippen LogP contribution in [0.1, 0.15) is 52.4 Å². The van der Waals surface area contributed by atoms with Crippen molar-refractivity contribution in [2.45, 2.75) is 64.5 Å². The summed E-state index contributed by atoms with van der Waals surface area (Å²) in [5.41, 5.74) is 0. The van der Waals surface area contributed by atoms with Gasteiger partial charge in [0.2, 0.25) is 5.91 Å². The number of hydrogen-bond acceptors (Lipinski definition) is 4. The number of rotatable bonds is 5. The van der Waals surface area contributed by atoms with Gasteiger partial charge in [-0.2, -0.15) is 0 Å². The van der Waals surface area contributed by atoms with E-state index in [4.69, 9.17) is 0 Å². The van der Waals surface area contributed by atoms with E-state index in [2.05, 4.69) is 28.8 Å². The summed E-state index contributed by atoms with van der Waals surface area (Å²) in [7, 11) is 1.33. The SMILES string of the molecule is COC(=O)NC(CC(C)C)C(=O)N1CCC(N2CCCCC2)CC1. The third kappa shape index (κ3) is 5.36. The van der Waals surface area contributed by atoms with E-state index in [0.29, 0.717) is 18.4 Å². The van der Waals surface area contributed by atoms with E-state index in [-0.39, 0.29) is 5.91 Å². The average molecular weight is 339 g/mol. The van der Waals surface area contributed by atoms with Crippen LogP contribution in [0.3, 0.4) is 0 Å². The summed E-state index contributed by atoms with van der Waals surface area (Å²) in [6.07, 6.45) is 6.15. The molecule has 2 amide bonds. The van der Waals surface area contributed by atoms with Gasteiger partial charge in [-0.05, 0) is 51.1 Å². The molecule has 138 valence electrons. The van der Waals surface area contributed by atoms with E-state index in [1.807, 2.05) is 4.90 Å². The minimum atomic E-state index is -0.530. The van der Waals surface area contributed by atoms with Crippen molar-refractivity contribution in [1.29, 1.82) is 0 Å². The number of amides is 2. The number of methoxy groups -OCH3 is 1. The third-order valence-corrected chi connectivity index (χ3v) is 5.17. The molecule has 2 aliphatic heterocycles. The van der Waals surface area contributed by atoms with Crippen LogP contribution < -0.4 is 5.32 Å². The normalized spacial score (nSPS) is 21.6. The first-order valence-corrected chi connectivity index (χ1v) is 9.38. The second-order valence-electron chi connectivity index (χ2n) is 7.47. The van der Waals surface area contributed by atoms with Crippen molar-refractivity contribution in [3.63, 3.8) is 0 Å². The van der Waals surface area contributed by atoms with E-state index in [9.17, 15) is 9.59 Å². The number of nitrogens with zero attached hydrogens (tertiary/aromatic N) is 2. The fourth-order valence-corrected chi connectivity index (χ4v) is 3.85. The summed E-state index contributed by atoms with van der Waals surface area (Å²) in [5, 5.41) is 2.71. The molecule has 2 rings (SSSR count). The minimum Gasteiger partial charge on any atom is -0.453 e. The fourth-order valence-electron chi connectivity index (χ4n) is 3.85. The van der Waals surface area contributed by atoms with Crippen molar-refractivity contribution in [1.82, 2.24) is 15.1 Å². The Bertz CT molecular complexity index is 414. The van der Waals surface area contributed by atoms with Crippen LogP contribution in [-0.2, 0) is 9.53 Å². The smallest absolute Gasteiger partial charge is 0.407 e. The highest BCUT2D eigenvalue weighted by Gasteiger charge is 2.31. The van der Waals surface area contributed by atoms with Gasteiger partial charge >= 0.3 is 6.09 Å². The van der Waals surface area contributed by atoms with Gasteiger partial charge in [0.1, 0.15) is 6.04 Å².